The van der Waals surface area contributed by atoms with Crippen LogP contribution < -0.4 is 4.72 Å². The van der Waals surface area contributed by atoms with Gasteiger partial charge in [-0.05, 0) is 48.9 Å². The molecular weight excluding hydrogens is 354 g/mol. The van der Waals surface area contributed by atoms with Crippen molar-refractivity contribution in [2.45, 2.75) is 20.0 Å². The molecule has 4 nitrogen and oxygen atoms in total. The Bertz CT molecular complexity index is 729. The predicted octanol–water partition coefficient (Wildman–Crippen LogP) is 3.77. The Morgan fingerprint density at radius 1 is 1.14 bits per heavy atom. The van der Waals surface area contributed by atoms with Crippen LogP contribution in [0.5, 0.6) is 0 Å². The highest BCUT2D eigenvalue weighted by atomic mass is 79.9. The average molecular weight is 372 g/mol. The zero-order valence-electron chi connectivity index (χ0n) is 12.0. The highest BCUT2D eigenvalue weighted by molar-refractivity contribution is 9.10. The van der Waals surface area contributed by atoms with Crippen LogP contribution in [0.25, 0.3) is 10.8 Å². The minimum absolute atomic E-state index is 0.0271. The molecule has 6 heteroatoms. The van der Waals surface area contributed by atoms with Crippen molar-refractivity contribution in [1.82, 2.24) is 0 Å². The van der Waals surface area contributed by atoms with E-state index in [0.29, 0.717) is 5.69 Å². The number of hydrogen-bond donors (Lipinski definition) is 1. The van der Waals surface area contributed by atoms with Crippen LogP contribution in [0, 0.1) is 0 Å². The highest BCUT2D eigenvalue weighted by Crippen LogP contribution is 2.23. The van der Waals surface area contributed by atoms with Crippen LogP contribution in [-0.4, -0.2) is 26.9 Å². The van der Waals surface area contributed by atoms with Crippen LogP contribution in [0.2, 0.25) is 0 Å². The number of fused-ring (bicyclic) bond motifs is 1. The molecule has 2 aromatic carbocycles. The Morgan fingerprint density at radius 3 is 2.52 bits per heavy atom. The fourth-order valence-corrected chi connectivity index (χ4v) is 3.19. The normalized spacial score (nSPS) is 12.0. The molecule has 114 valence electrons. The van der Waals surface area contributed by atoms with Gasteiger partial charge in [0.15, 0.2) is 0 Å². The van der Waals surface area contributed by atoms with Crippen molar-refractivity contribution in [3.63, 3.8) is 0 Å². The molecule has 0 bridgehead atoms. The molecule has 2 aromatic rings. The van der Waals surface area contributed by atoms with Gasteiger partial charge in [0.05, 0.1) is 18.5 Å². The van der Waals surface area contributed by atoms with Gasteiger partial charge in [0, 0.05) is 10.2 Å². The van der Waals surface area contributed by atoms with Gasteiger partial charge in [-0.3, -0.25) is 4.72 Å². The molecule has 0 radical (unpaired) electrons. The van der Waals surface area contributed by atoms with Gasteiger partial charge in [0.25, 0.3) is 0 Å². The van der Waals surface area contributed by atoms with Crippen molar-refractivity contribution in [2.24, 2.45) is 0 Å². The summed E-state index contributed by atoms with van der Waals surface area (Å²) in [5.74, 6) is -0.0520. The van der Waals surface area contributed by atoms with Crippen molar-refractivity contribution in [2.75, 3.05) is 17.1 Å². The lowest BCUT2D eigenvalue weighted by Crippen LogP contribution is -2.21. The van der Waals surface area contributed by atoms with Crippen LogP contribution in [0.1, 0.15) is 13.8 Å². The van der Waals surface area contributed by atoms with Gasteiger partial charge in [0.1, 0.15) is 0 Å². The standard InChI is InChI=1S/C15H18BrNO3S/c1-11(2)20-7-8-21(18,19)17-15-6-4-12-9-14(16)5-3-13(12)10-15/h3-6,9-11,17H,7-8H2,1-2H3. The van der Waals surface area contributed by atoms with E-state index in [1.807, 2.05) is 44.2 Å². The van der Waals surface area contributed by atoms with Crippen LogP contribution in [0.3, 0.4) is 0 Å². The summed E-state index contributed by atoms with van der Waals surface area (Å²) in [4.78, 5) is 0. The SMILES string of the molecule is CC(C)OCCS(=O)(=O)Nc1ccc2cc(Br)ccc2c1. The fourth-order valence-electron chi connectivity index (χ4n) is 1.90. The van der Waals surface area contributed by atoms with E-state index in [2.05, 4.69) is 20.7 Å². The number of nitrogens with one attached hydrogen (secondary N) is 1. The van der Waals surface area contributed by atoms with E-state index >= 15 is 0 Å². The lowest BCUT2D eigenvalue weighted by molar-refractivity contribution is 0.0913. The van der Waals surface area contributed by atoms with Crippen molar-refractivity contribution >= 4 is 42.4 Å². The lowest BCUT2D eigenvalue weighted by Gasteiger charge is -2.11. The third kappa shape index (κ3) is 4.98. The molecule has 21 heavy (non-hydrogen) atoms. The molecule has 0 saturated heterocycles. The summed E-state index contributed by atoms with van der Waals surface area (Å²) in [5.41, 5.74) is 0.564. The monoisotopic (exact) mass is 371 g/mol. The number of rotatable bonds is 6. The molecule has 0 unspecified atom stereocenters. The van der Waals surface area contributed by atoms with Gasteiger partial charge in [0.2, 0.25) is 10.0 Å². The van der Waals surface area contributed by atoms with Gasteiger partial charge < -0.3 is 4.74 Å². The number of halogens is 1. The van der Waals surface area contributed by atoms with Crippen LogP contribution in [-0.2, 0) is 14.8 Å². The van der Waals surface area contributed by atoms with E-state index in [-0.39, 0.29) is 18.5 Å². The largest absolute Gasteiger partial charge is 0.378 e. The molecule has 0 atom stereocenters. The van der Waals surface area contributed by atoms with Gasteiger partial charge in [-0.2, -0.15) is 0 Å². The molecule has 0 aromatic heterocycles. The van der Waals surface area contributed by atoms with E-state index < -0.39 is 10.0 Å². The second kappa shape index (κ2) is 6.77. The fraction of sp³-hybridized carbons (Fsp3) is 0.333. The highest BCUT2D eigenvalue weighted by Gasteiger charge is 2.11. The smallest absolute Gasteiger partial charge is 0.235 e. The Balaban J connectivity index is 2.10. The zero-order valence-corrected chi connectivity index (χ0v) is 14.4. The Kier molecular flexibility index (Phi) is 5.24. The third-order valence-electron chi connectivity index (χ3n) is 2.88. The maximum atomic E-state index is 12.0. The zero-order chi connectivity index (χ0) is 15.5. The first kappa shape index (κ1) is 16.3. The molecular formula is C15H18BrNO3S. The van der Waals surface area contributed by atoms with E-state index in [1.54, 1.807) is 6.07 Å². The molecule has 0 saturated carbocycles. The quantitative estimate of drug-likeness (QED) is 0.840. The van der Waals surface area contributed by atoms with Gasteiger partial charge >= 0.3 is 0 Å². The molecule has 0 aliphatic rings. The van der Waals surface area contributed by atoms with Gasteiger partial charge in [-0.15, -0.1) is 0 Å². The molecule has 2 rings (SSSR count). The van der Waals surface area contributed by atoms with E-state index in [9.17, 15) is 8.42 Å². The lowest BCUT2D eigenvalue weighted by atomic mass is 10.1. The van der Waals surface area contributed by atoms with Gasteiger partial charge in [-0.25, -0.2) is 8.42 Å². The van der Waals surface area contributed by atoms with Crippen molar-refractivity contribution in [1.29, 1.82) is 0 Å². The number of hydrogen-bond acceptors (Lipinski definition) is 3. The molecule has 0 spiro atoms. The minimum atomic E-state index is -3.39. The molecule has 0 aliphatic carbocycles. The summed E-state index contributed by atoms with van der Waals surface area (Å²) >= 11 is 3.41. The van der Waals surface area contributed by atoms with E-state index in [0.717, 1.165) is 15.2 Å². The number of anilines is 1. The maximum Gasteiger partial charge on any atom is 0.235 e. The number of sulfonamides is 1. The summed E-state index contributed by atoms with van der Waals surface area (Å²) in [7, 11) is -3.39. The van der Waals surface area contributed by atoms with E-state index in [4.69, 9.17) is 4.74 Å². The topological polar surface area (TPSA) is 55.4 Å². The number of benzene rings is 2. The summed E-state index contributed by atoms with van der Waals surface area (Å²) in [6.45, 7) is 3.94. The maximum absolute atomic E-state index is 12.0. The predicted molar refractivity (Wildman–Crippen MR) is 90.1 cm³/mol. The molecule has 0 fully saturated rings. The Labute approximate surface area is 133 Å². The molecule has 0 amide bonds. The summed E-state index contributed by atoms with van der Waals surface area (Å²) in [5, 5.41) is 2.03. The second-order valence-electron chi connectivity index (χ2n) is 5.05. The average Bonchev–Trinajstić information content (AvgIpc) is 2.37. The Hall–Kier alpha value is -1.11. The Morgan fingerprint density at radius 2 is 1.81 bits per heavy atom. The van der Waals surface area contributed by atoms with Crippen LogP contribution in [0.4, 0.5) is 5.69 Å². The second-order valence-corrected chi connectivity index (χ2v) is 7.80. The third-order valence-corrected chi connectivity index (χ3v) is 4.62. The number of ether oxygens (including phenoxy) is 1. The first-order valence-corrected chi connectivity index (χ1v) is 9.12. The summed E-state index contributed by atoms with van der Waals surface area (Å²) in [6, 6.07) is 11.3. The van der Waals surface area contributed by atoms with E-state index in [1.165, 1.54) is 0 Å². The van der Waals surface area contributed by atoms with Crippen molar-refractivity contribution in [3.05, 3.63) is 40.9 Å². The summed E-state index contributed by atoms with van der Waals surface area (Å²) < 4.78 is 32.8. The molecule has 1 N–H and O–H groups in total. The van der Waals surface area contributed by atoms with Crippen LogP contribution in [0.15, 0.2) is 40.9 Å². The first-order chi connectivity index (χ1) is 9.85. The van der Waals surface area contributed by atoms with Gasteiger partial charge in [-0.1, -0.05) is 28.1 Å². The molecule has 0 aliphatic heterocycles. The first-order valence-electron chi connectivity index (χ1n) is 6.67. The van der Waals surface area contributed by atoms with Crippen molar-refractivity contribution in [3.8, 4) is 0 Å². The molecule has 0 heterocycles. The minimum Gasteiger partial charge on any atom is -0.378 e. The summed E-state index contributed by atoms with van der Waals surface area (Å²) in [6.07, 6.45) is 0.0271. The van der Waals surface area contributed by atoms with Crippen LogP contribution >= 0.6 is 15.9 Å². The van der Waals surface area contributed by atoms with Crippen molar-refractivity contribution < 1.29 is 13.2 Å².